The Hall–Kier alpha value is -3.05. The van der Waals surface area contributed by atoms with E-state index >= 15 is 0 Å². The van der Waals surface area contributed by atoms with Gasteiger partial charge in [0.05, 0.1) is 5.56 Å². The van der Waals surface area contributed by atoms with Crippen molar-refractivity contribution in [2.45, 2.75) is 6.92 Å². The van der Waals surface area contributed by atoms with Gasteiger partial charge in [0.25, 0.3) is 0 Å². The predicted octanol–water partition coefficient (Wildman–Crippen LogP) is 2.32. The number of aromatic hydroxyl groups is 1. The number of allylic oxidation sites excluding steroid dienone is 2. The highest BCUT2D eigenvalue weighted by Gasteiger charge is 2.11. The molecule has 2 rings (SSSR count). The van der Waals surface area contributed by atoms with E-state index in [-0.39, 0.29) is 28.0 Å². The van der Waals surface area contributed by atoms with E-state index in [1.807, 2.05) is 0 Å². The van der Waals surface area contributed by atoms with Crippen LogP contribution in [0.5, 0.6) is 5.75 Å². The molecular weight excluding hydrogens is 244 g/mol. The molecule has 1 N–H and O–H groups in total. The van der Waals surface area contributed by atoms with Gasteiger partial charge in [-0.15, -0.1) is 0 Å². The second kappa shape index (κ2) is 4.67. The van der Waals surface area contributed by atoms with Gasteiger partial charge in [0.1, 0.15) is 29.0 Å². The van der Waals surface area contributed by atoms with Crippen LogP contribution >= 0.6 is 0 Å². The zero-order valence-corrected chi connectivity index (χ0v) is 9.97. The molecule has 2 aromatic rings. The molecule has 0 aliphatic rings. The standard InChI is InChI=1S/C14H8N2O3/c1-8(10(6-15)7-16)12-4-9-2-3-11(17)5-13(9)19-14(12)18/h2-5,17H,1H3. The van der Waals surface area contributed by atoms with Gasteiger partial charge in [-0.05, 0) is 30.7 Å². The Bertz CT molecular complexity index is 816. The quantitative estimate of drug-likeness (QED) is 0.620. The number of benzene rings is 1. The van der Waals surface area contributed by atoms with E-state index in [1.54, 1.807) is 18.2 Å². The molecular formula is C14H8N2O3. The van der Waals surface area contributed by atoms with Gasteiger partial charge < -0.3 is 9.52 Å². The molecule has 0 saturated carbocycles. The lowest BCUT2D eigenvalue weighted by atomic mass is 10.0. The maximum Gasteiger partial charge on any atom is 0.343 e. The second-order valence-electron chi connectivity index (χ2n) is 3.89. The van der Waals surface area contributed by atoms with Crippen LogP contribution in [0, 0.1) is 22.7 Å². The van der Waals surface area contributed by atoms with Gasteiger partial charge in [-0.25, -0.2) is 4.79 Å². The number of phenols is 1. The van der Waals surface area contributed by atoms with Crippen LogP contribution in [0.2, 0.25) is 0 Å². The Morgan fingerprint density at radius 2 is 1.95 bits per heavy atom. The third kappa shape index (κ3) is 2.18. The number of phenolic OH excluding ortho intramolecular Hbond substituents is 1. The van der Waals surface area contributed by atoms with Gasteiger partial charge >= 0.3 is 5.63 Å². The lowest BCUT2D eigenvalue weighted by Gasteiger charge is -2.02. The van der Waals surface area contributed by atoms with Crippen molar-refractivity contribution >= 4 is 16.5 Å². The molecule has 0 atom stereocenters. The lowest BCUT2D eigenvalue weighted by molar-refractivity contribution is 0.473. The molecule has 0 amide bonds. The number of hydrogen-bond donors (Lipinski definition) is 1. The van der Waals surface area contributed by atoms with Crippen molar-refractivity contribution in [1.82, 2.24) is 0 Å². The molecule has 5 heteroatoms. The Balaban J connectivity index is 2.78. The van der Waals surface area contributed by atoms with Crippen molar-refractivity contribution < 1.29 is 9.52 Å². The number of rotatable bonds is 1. The summed E-state index contributed by atoms with van der Waals surface area (Å²) in [6.07, 6.45) is 0. The van der Waals surface area contributed by atoms with Gasteiger partial charge in [0.15, 0.2) is 0 Å². The second-order valence-corrected chi connectivity index (χ2v) is 3.89. The first kappa shape index (κ1) is 12.4. The van der Waals surface area contributed by atoms with Crippen molar-refractivity contribution in [3.63, 3.8) is 0 Å². The first-order valence-corrected chi connectivity index (χ1v) is 5.35. The normalized spacial score (nSPS) is 9.63. The summed E-state index contributed by atoms with van der Waals surface area (Å²) in [7, 11) is 0. The summed E-state index contributed by atoms with van der Waals surface area (Å²) < 4.78 is 5.07. The van der Waals surface area contributed by atoms with Crippen LogP contribution in [-0.4, -0.2) is 5.11 Å². The zero-order chi connectivity index (χ0) is 14.0. The van der Waals surface area contributed by atoms with Gasteiger partial charge in [-0.3, -0.25) is 0 Å². The fourth-order valence-corrected chi connectivity index (χ4v) is 1.69. The van der Waals surface area contributed by atoms with E-state index in [4.69, 9.17) is 14.9 Å². The predicted molar refractivity (Wildman–Crippen MR) is 68.0 cm³/mol. The largest absolute Gasteiger partial charge is 0.508 e. The molecule has 92 valence electrons. The number of hydrogen-bond acceptors (Lipinski definition) is 5. The highest BCUT2D eigenvalue weighted by atomic mass is 16.4. The third-order valence-corrected chi connectivity index (χ3v) is 2.72. The van der Waals surface area contributed by atoms with Crippen molar-refractivity contribution in [1.29, 1.82) is 10.5 Å². The molecule has 0 radical (unpaired) electrons. The molecule has 1 aromatic carbocycles. The fraction of sp³-hybridized carbons (Fsp3) is 0.0714. The summed E-state index contributed by atoms with van der Waals surface area (Å²) in [6.45, 7) is 1.51. The summed E-state index contributed by atoms with van der Waals surface area (Å²) in [6, 6.07) is 9.37. The molecule has 0 aliphatic carbocycles. The van der Waals surface area contributed by atoms with E-state index in [0.29, 0.717) is 5.39 Å². The molecule has 0 spiro atoms. The van der Waals surface area contributed by atoms with Crippen LogP contribution in [0.15, 0.2) is 39.1 Å². The van der Waals surface area contributed by atoms with E-state index in [9.17, 15) is 9.90 Å². The van der Waals surface area contributed by atoms with E-state index in [0.717, 1.165) is 0 Å². The molecule has 0 saturated heterocycles. The molecule has 1 heterocycles. The summed E-state index contributed by atoms with van der Waals surface area (Å²) in [5.74, 6) is -0.00889. The summed E-state index contributed by atoms with van der Waals surface area (Å²) in [5, 5.41) is 27.5. The minimum absolute atomic E-state index is 0.00889. The highest BCUT2D eigenvalue weighted by Crippen LogP contribution is 2.22. The maximum atomic E-state index is 11.8. The number of nitrogens with zero attached hydrogens (tertiary/aromatic N) is 2. The molecule has 0 bridgehead atoms. The summed E-state index contributed by atoms with van der Waals surface area (Å²) in [4.78, 5) is 11.8. The van der Waals surface area contributed by atoms with Crippen LogP contribution in [0.25, 0.3) is 16.5 Å². The Labute approximate surface area is 108 Å². The van der Waals surface area contributed by atoms with E-state index < -0.39 is 5.63 Å². The van der Waals surface area contributed by atoms with Crippen molar-refractivity contribution in [3.8, 4) is 17.9 Å². The molecule has 1 aromatic heterocycles. The molecule has 0 unspecified atom stereocenters. The Morgan fingerprint density at radius 3 is 2.58 bits per heavy atom. The number of nitriles is 2. The topological polar surface area (TPSA) is 98.0 Å². The third-order valence-electron chi connectivity index (χ3n) is 2.72. The minimum Gasteiger partial charge on any atom is -0.508 e. The molecule has 19 heavy (non-hydrogen) atoms. The average molecular weight is 252 g/mol. The Kier molecular flexibility index (Phi) is 3.05. The van der Waals surface area contributed by atoms with E-state index in [1.165, 1.54) is 25.1 Å². The van der Waals surface area contributed by atoms with E-state index in [2.05, 4.69) is 0 Å². The minimum atomic E-state index is -0.654. The van der Waals surface area contributed by atoms with Crippen LogP contribution < -0.4 is 5.63 Å². The first-order chi connectivity index (χ1) is 9.06. The summed E-state index contributed by atoms with van der Waals surface area (Å²) in [5.41, 5.74) is -0.106. The highest BCUT2D eigenvalue weighted by molar-refractivity contribution is 5.83. The van der Waals surface area contributed by atoms with Crippen molar-refractivity contribution in [3.05, 3.63) is 45.8 Å². The lowest BCUT2D eigenvalue weighted by Crippen LogP contribution is -2.06. The zero-order valence-electron chi connectivity index (χ0n) is 9.97. The SMILES string of the molecule is CC(=C(C#N)C#N)c1cc2ccc(O)cc2oc1=O. The van der Waals surface area contributed by atoms with Crippen LogP contribution in [-0.2, 0) is 0 Å². The molecule has 0 aliphatic heterocycles. The van der Waals surface area contributed by atoms with Gasteiger partial charge in [0, 0.05) is 11.5 Å². The molecule has 5 nitrogen and oxygen atoms in total. The maximum absolute atomic E-state index is 11.8. The van der Waals surface area contributed by atoms with Crippen LogP contribution in [0.3, 0.4) is 0 Å². The van der Waals surface area contributed by atoms with Crippen molar-refractivity contribution in [2.75, 3.05) is 0 Å². The van der Waals surface area contributed by atoms with Gasteiger partial charge in [0.2, 0.25) is 0 Å². The van der Waals surface area contributed by atoms with Crippen LogP contribution in [0.4, 0.5) is 0 Å². The smallest absolute Gasteiger partial charge is 0.343 e. The fourth-order valence-electron chi connectivity index (χ4n) is 1.69. The van der Waals surface area contributed by atoms with Gasteiger partial charge in [-0.2, -0.15) is 10.5 Å². The van der Waals surface area contributed by atoms with Crippen molar-refractivity contribution in [2.24, 2.45) is 0 Å². The number of fused-ring (bicyclic) bond motifs is 1. The first-order valence-electron chi connectivity index (χ1n) is 5.35. The van der Waals surface area contributed by atoms with Gasteiger partial charge in [-0.1, -0.05) is 0 Å². The Morgan fingerprint density at radius 1 is 1.26 bits per heavy atom. The van der Waals surface area contributed by atoms with Crippen LogP contribution in [0.1, 0.15) is 12.5 Å². The average Bonchev–Trinajstić information content (AvgIpc) is 2.39. The monoisotopic (exact) mass is 252 g/mol. The summed E-state index contributed by atoms with van der Waals surface area (Å²) >= 11 is 0. The molecule has 0 fully saturated rings.